The Hall–Kier alpha value is -0.610. The van der Waals surface area contributed by atoms with Crippen molar-refractivity contribution in [3.63, 3.8) is 0 Å². The molecule has 1 atom stereocenters. The van der Waals surface area contributed by atoms with Crippen molar-refractivity contribution in [2.24, 2.45) is 0 Å². The third kappa shape index (κ3) is 4.77. The Morgan fingerprint density at radius 2 is 1.89 bits per heavy atom. The van der Waals surface area contributed by atoms with Crippen LogP contribution in [0.3, 0.4) is 0 Å². The summed E-state index contributed by atoms with van der Waals surface area (Å²) in [6.07, 6.45) is 8.94. The maximum atomic E-state index is 12.3. The minimum Gasteiger partial charge on any atom is -0.365 e. The van der Waals surface area contributed by atoms with Gasteiger partial charge in [0.25, 0.3) is 0 Å². The smallest absolute Gasteiger partial charge is 0.249 e. The fraction of sp³-hybridized carbons (Fsp3) is 0.933. The number of carbonyl (C=O) groups excluding carboxylic acids is 1. The standard InChI is InChI=1S/C15H28N2O2/c1-2-14(19-13-6-4-3-5-7-13)15(18)17-12-8-10-16-11-9-12/h12-14,16H,2-11H2,1H3,(H,17,18). The van der Waals surface area contributed by atoms with Crippen LogP contribution in [0.4, 0.5) is 0 Å². The van der Waals surface area contributed by atoms with Crippen LogP contribution in [0.15, 0.2) is 0 Å². The summed E-state index contributed by atoms with van der Waals surface area (Å²) in [7, 11) is 0. The van der Waals surface area contributed by atoms with Crippen LogP contribution in [0.25, 0.3) is 0 Å². The normalized spacial score (nSPS) is 24.1. The topological polar surface area (TPSA) is 50.4 Å². The lowest BCUT2D eigenvalue weighted by Crippen LogP contribution is -2.47. The van der Waals surface area contributed by atoms with E-state index in [1.165, 1.54) is 19.3 Å². The molecule has 2 N–H and O–H groups in total. The lowest BCUT2D eigenvalue weighted by molar-refractivity contribution is -0.139. The molecule has 1 saturated carbocycles. The van der Waals surface area contributed by atoms with Gasteiger partial charge in [0, 0.05) is 6.04 Å². The zero-order valence-electron chi connectivity index (χ0n) is 12.1. The van der Waals surface area contributed by atoms with Gasteiger partial charge in [0.15, 0.2) is 0 Å². The molecule has 1 unspecified atom stereocenters. The summed E-state index contributed by atoms with van der Waals surface area (Å²) in [5.74, 6) is 0.0972. The van der Waals surface area contributed by atoms with Crippen molar-refractivity contribution in [1.82, 2.24) is 10.6 Å². The second-order valence-electron chi connectivity index (χ2n) is 5.83. The van der Waals surface area contributed by atoms with Crippen LogP contribution in [-0.4, -0.2) is 37.2 Å². The van der Waals surface area contributed by atoms with Gasteiger partial charge >= 0.3 is 0 Å². The molecule has 0 aromatic carbocycles. The van der Waals surface area contributed by atoms with E-state index >= 15 is 0 Å². The van der Waals surface area contributed by atoms with E-state index in [1.807, 2.05) is 6.92 Å². The fourth-order valence-electron chi connectivity index (χ4n) is 3.04. The SMILES string of the molecule is CCC(OC1CCCCC1)C(=O)NC1CCNCC1. The average molecular weight is 268 g/mol. The Morgan fingerprint density at radius 3 is 2.53 bits per heavy atom. The van der Waals surface area contributed by atoms with E-state index < -0.39 is 0 Å². The fourth-order valence-corrected chi connectivity index (χ4v) is 3.04. The number of amides is 1. The van der Waals surface area contributed by atoms with Crippen LogP contribution >= 0.6 is 0 Å². The maximum Gasteiger partial charge on any atom is 0.249 e. The molecule has 110 valence electrons. The predicted molar refractivity (Wildman–Crippen MR) is 76.1 cm³/mol. The summed E-state index contributed by atoms with van der Waals surface area (Å²) >= 11 is 0. The highest BCUT2D eigenvalue weighted by Crippen LogP contribution is 2.22. The first kappa shape index (κ1) is 14.8. The van der Waals surface area contributed by atoms with Crippen LogP contribution in [0.5, 0.6) is 0 Å². The zero-order valence-corrected chi connectivity index (χ0v) is 12.1. The summed E-state index contributed by atoms with van der Waals surface area (Å²) in [5.41, 5.74) is 0. The van der Waals surface area contributed by atoms with Crippen molar-refractivity contribution >= 4 is 5.91 Å². The largest absolute Gasteiger partial charge is 0.365 e. The molecule has 2 fully saturated rings. The quantitative estimate of drug-likeness (QED) is 0.801. The van der Waals surface area contributed by atoms with E-state index in [0.717, 1.165) is 45.2 Å². The molecule has 1 saturated heterocycles. The number of rotatable bonds is 5. The summed E-state index contributed by atoms with van der Waals surface area (Å²) in [6.45, 7) is 4.05. The first-order chi connectivity index (χ1) is 9.29. The molecule has 1 heterocycles. The third-order valence-corrected chi connectivity index (χ3v) is 4.26. The first-order valence-corrected chi connectivity index (χ1v) is 7.96. The van der Waals surface area contributed by atoms with E-state index in [2.05, 4.69) is 10.6 Å². The van der Waals surface area contributed by atoms with Gasteiger partial charge in [-0.15, -0.1) is 0 Å². The van der Waals surface area contributed by atoms with Crippen LogP contribution in [0.2, 0.25) is 0 Å². The third-order valence-electron chi connectivity index (χ3n) is 4.26. The minimum atomic E-state index is -0.252. The summed E-state index contributed by atoms with van der Waals surface area (Å²) in [6, 6.07) is 0.331. The highest BCUT2D eigenvalue weighted by Gasteiger charge is 2.25. The highest BCUT2D eigenvalue weighted by atomic mass is 16.5. The monoisotopic (exact) mass is 268 g/mol. The molecule has 4 nitrogen and oxygen atoms in total. The van der Waals surface area contributed by atoms with Crippen molar-refractivity contribution in [3.8, 4) is 0 Å². The van der Waals surface area contributed by atoms with Crippen LogP contribution in [-0.2, 0) is 9.53 Å². The van der Waals surface area contributed by atoms with Gasteiger partial charge in [0.05, 0.1) is 6.10 Å². The molecular formula is C15H28N2O2. The van der Waals surface area contributed by atoms with E-state index in [4.69, 9.17) is 4.74 Å². The van der Waals surface area contributed by atoms with E-state index in [1.54, 1.807) is 0 Å². The number of hydrogen-bond donors (Lipinski definition) is 2. The van der Waals surface area contributed by atoms with Gasteiger partial charge in [0.2, 0.25) is 5.91 Å². The molecule has 0 aromatic rings. The Morgan fingerprint density at radius 1 is 1.21 bits per heavy atom. The molecular weight excluding hydrogens is 240 g/mol. The molecule has 0 spiro atoms. The molecule has 2 aliphatic rings. The van der Waals surface area contributed by atoms with Gasteiger partial charge in [-0.05, 0) is 45.2 Å². The van der Waals surface area contributed by atoms with Gasteiger partial charge in [-0.25, -0.2) is 0 Å². The van der Waals surface area contributed by atoms with Crippen LogP contribution in [0, 0.1) is 0 Å². The molecule has 4 heteroatoms. The van der Waals surface area contributed by atoms with Gasteiger partial charge in [-0.2, -0.15) is 0 Å². The lowest BCUT2D eigenvalue weighted by Gasteiger charge is -2.29. The second-order valence-corrected chi connectivity index (χ2v) is 5.83. The van der Waals surface area contributed by atoms with Crippen LogP contribution < -0.4 is 10.6 Å². The summed E-state index contributed by atoms with van der Waals surface area (Å²) < 4.78 is 6.02. The van der Waals surface area contributed by atoms with Crippen molar-refractivity contribution in [2.45, 2.75) is 76.5 Å². The number of nitrogens with one attached hydrogen (secondary N) is 2. The molecule has 1 aliphatic carbocycles. The predicted octanol–water partition coefficient (Wildman–Crippen LogP) is 1.98. The van der Waals surface area contributed by atoms with E-state index in [-0.39, 0.29) is 12.0 Å². The van der Waals surface area contributed by atoms with Crippen molar-refractivity contribution in [3.05, 3.63) is 0 Å². The second kappa shape index (κ2) is 7.85. The van der Waals surface area contributed by atoms with Crippen molar-refractivity contribution in [2.75, 3.05) is 13.1 Å². The first-order valence-electron chi connectivity index (χ1n) is 7.96. The number of piperidine rings is 1. The molecule has 1 amide bonds. The maximum absolute atomic E-state index is 12.3. The Kier molecular flexibility index (Phi) is 6.11. The van der Waals surface area contributed by atoms with Crippen molar-refractivity contribution in [1.29, 1.82) is 0 Å². The Balaban J connectivity index is 1.76. The number of carbonyl (C=O) groups is 1. The number of hydrogen-bond acceptors (Lipinski definition) is 3. The molecule has 0 bridgehead atoms. The van der Waals surface area contributed by atoms with Gasteiger partial charge in [-0.1, -0.05) is 26.2 Å². The van der Waals surface area contributed by atoms with Gasteiger partial charge in [-0.3, -0.25) is 4.79 Å². The van der Waals surface area contributed by atoms with Gasteiger partial charge < -0.3 is 15.4 Å². The minimum absolute atomic E-state index is 0.0972. The Labute approximate surface area is 116 Å². The molecule has 0 aromatic heterocycles. The molecule has 19 heavy (non-hydrogen) atoms. The van der Waals surface area contributed by atoms with E-state index in [9.17, 15) is 4.79 Å². The van der Waals surface area contributed by atoms with Crippen LogP contribution in [0.1, 0.15) is 58.3 Å². The molecule has 1 aliphatic heterocycles. The zero-order chi connectivity index (χ0) is 13.5. The average Bonchev–Trinajstić information content (AvgIpc) is 2.47. The summed E-state index contributed by atoms with van der Waals surface area (Å²) in [5, 5.41) is 6.47. The number of ether oxygens (including phenoxy) is 1. The Bertz CT molecular complexity index is 271. The molecule has 0 radical (unpaired) electrons. The van der Waals surface area contributed by atoms with Crippen molar-refractivity contribution < 1.29 is 9.53 Å². The van der Waals surface area contributed by atoms with Gasteiger partial charge in [0.1, 0.15) is 6.10 Å². The lowest BCUT2D eigenvalue weighted by atomic mass is 9.97. The summed E-state index contributed by atoms with van der Waals surface area (Å²) in [4.78, 5) is 12.3. The molecule has 2 rings (SSSR count). The highest BCUT2D eigenvalue weighted by molar-refractivity contribution is 5.81. The van der Waals surface area contributed by atoms with E-state index in [0.29, 0.717) is 12.1 Å².